The lowest BCUT2D eigenvalue weighted by molar-refractivity contribution is -0.0498. The molecule has 1 fully saturated rings. The van der Waals surface area contributed by atoms with Crippen molar-refractivity contribution in [3.8, 4) is 5.75 Å². The Morgan fingerprint density at radius 1 is 1.04 bits per heavy atom. The van der Waals surface area contributed by atoms with Crippen molar-refractivity contribution in [2.45, 2.75) is 56.9 Å². The van der Waals surface area contributed by atoms with Crippen molar-refractivity contribution in [1.29, 1.82) is 0 Å². The average molecular weight is 373 g/mol. The molecule has 1 saturated carbocycles. The number of fused-ring (bicyclic) bond motifs is 1. The van der Waals surface area contributed by atoms with E-state index < -0.39 is 12.7 Å². The Hall–Kier alpha value is -1.98. The SMILES string of the molecule is OC(CN(C1CC1)C1CCCc2ccccc21)c1ccc(OC(F)F)cc1. The van der Waals surface area contributed by atoms with Gasteiger partial charge in [0.25, 0.3) is 0 Å². The van der Waals surface area contributed by atoms with Crippen molar-refractivity contribution < 1.29 is 18.6 Å². The number of benzene rings is 2. The Morgan fingerprint density at radius 2 is 1.78 bits per heavy atom. The minimum atomic E-state index is -2.84. The Morgan fingerprint density at radius 3 is 2.48 bits per heavy atom. The Labute approximate surface area is 158 Å². The maximum Gasteiger partial charge on any atom is 0.387 e. The minimum absolute atomic E-state index is 0.112. The van der Waals surface area contributed by atoms with E-state index in [9.17, 15) is 13.9 Å². The van der Waals surface area contributed by atoms with Gasteiger partial charge in [0.1, 0.15) is 5.75 Å². The van der Waals surface area contributed by atoms with E-state index in [1.165, 1.54) is 42.5 Å². The zero-order valence-corrected chi connectivity index (χ0v) is 15.2. The van der Waals surface area contributed by atoms with Crippen LogP contribution in [0.25, 0.3) is 0 Å². The lowest BCUT2D eigenvalue weighted by Gasteiger charge is -2.37. The van der Waals surface area contributed by atoms with E-state index in [2.05, 4.69) is 33.9 Å². The molecule has 0 heterocycles. The van der Waals surface area contributed by atoms with Gasteiger partial charge in [-0.05, 0) is 60.9 Å². The van der Waals surface area contributed by atoms with Crippen LogP contribution >= 0.6 is 0 Å². The summed E-state index contributed by atoms with van der Waals surface area (Å²) in [4.78, 5) is 2.45. The van der Waals surface area contributed by atoms with Gasteiger partial charge in [-0.2, -0.15) is 8.78 Å². The topological polar surface area (TPSA) is 32.7 Å². The number of hydrogen-bond donors (Lipinski definition) is 1. The van der Waals surface area contributed by atoms with E-state index in [1.807, 2.05) is 0 Å². The van der Waals surface area contributed by atoms with Gasteiger partial charge >= 0.3 is 6.61 Å². The lowest BCUT2D eigenvalue weighted by atomic mass is 9.86. The van der Waals surface area contributed by atoms with Gasteiger partial charge in [-0.3, -0.25) is 4.90 Å². The smallest absolute Gasteiger partial charge is 0.387 e. The Kier molecular flexibility index (Phi) is 5.41. The monoisotopic (exact) mass is 373 g/mol. The van der Waals surface area contributed by atoms with E-state index in [1.54, 1.807) is 12.1 Å². The van der Waals surface area contributed by atoms with Gasteiger partial charge in [0, 0.05) is 18.6 Å². The van der Waals surface area contributed by atoms with Gasteiger partial charge < -0.3 is 9.84 Å². The van der Waals surface area contributed by atoms with E-state index >= 15 is 0 Å². The summed E-state index contributed by atoms with van der Waals surface area (Å²) in [6.45, 7) is -2.28. The molecule has 5 heteroatoms. The van der Waals surface area contributed by atoms with Crippen LogP contribution in [0.4, 0.5) is 8.78 Å². The molecule has 0 aliphatic heterocycles. The van der Waals surface area contributed by atoms with E-state index in [4.69, 9.17) is 0 Å². The molecule has 0 amide bonds. The summed E-state index contributed by atoms with van der Waals surface area (Å²) in [6, 6.07) is 15.8. The van der Waals surface area contributed by atoms with Crippen LogP contribution in [-0.2, 0) is 6.42 Å². The molecule has 1 N–H and O–H groups in total. The fraction of sp³-hybridized carbons (Fsp3) is 0.455. The number of ether oxygens (including phenoxy) is 1. The second-order valence-corrected chi connectivity index (χ2v) is 7.50. The highest BCUT2D eigenvalue weighted by atomic mass is 19.3. The Balaban J connectivity index is 1.49. The van der Waals surface area contributed by atoms with Crippen molar-refractivity contribution in [1.82, 2.24) is 4.90 Å². The molecule has 27 heavy (non-hydrogen) atoms. The number of aliphatic hydroxyl groups is 1. The van der Waals surface area contributed by atoms with Crippen LogP contribution < -0.4 is 4.74 Å². The Bertz CT molecular complexity index is 761. The maximum atomic E-state index is 12.3. The van der Waals surface area contributed by atoms with E-state index in [-0.39, 0.29) is 5.75 Å². The van der Waals surface area contributed by atoms with Crippen molar-refractivity contribution >= 4 is 0 Å². The third-order valence-electron chi connectivity index (χ3n) is 5.63. The number of aryl methyl sites for hydroxylation is 1. The van der Waals surface area contributed by atoms with Crippen molar-refractivity contribution in [3.63, 3.8) is 0 Å². The second-order valence-electron chi connectivity index (χ2n) is 7.50. The highest BCUT2D eigenvalue weighted by Gasteiger charge is 2.37. The third kappa shape index (κ3) is 4.30. The summed E-state index contributed by atoms with van der Waals surface area (Å²) in [6.07, 6.45) is 5.10. The molecule has 0 spiro atoms. The molecule has 4 rings (SSSR count). The first-order valence-electron chi connectivity index (χ1n) is 9.68. The standard InChI is InChI=1S/C22H25F2NO2/c23-22(24)27-18-12-8-16(9-13-18)21(26)14-25(17-10-11-17)20-7-3-5-15-4-1-2-6-19(15)20/h1-2,4,6,8-9,12-13,17,20-22,26H,3,5,7,10-11,14H2. The first-order valence-corrected chi connectivity index (χ1v) is 9.68. The average Bonchev–Trinajstić information content (AvgIpc) is 3.51. The largest absolute Gasteiger partial charge is 0.435 e. The summed E-state index contributed by atoms with van der Waals surface area (Å²) < 4.78 is 29.0. The second kappa shape index (κ2) is 7.95. The molecule has 2 aliphatic carbocycles. The fourth-order valence-electron chi connectivity index (χ4n) is 4.19. The van der Waals surface area contributed by atoms with Crippen molar-refractivity contribution in [2.24, 2.45) is 0 Å². The van der Waals surface area contributed by atoms with Crippen LogP contribution in [0, 0.1) is 0 Å². The summed E-state index contributed by atoms with van der Waals surface area (Å²) >= 11 is 0. The minimum Gasteiger partial charge on any atom is -0.435 e. The molecular weight excluding hydrogens is 348 g/mol. The molecule has 2 aromatic carbocycles. The molecular formula is C22H25F2NO2. The van der Waals surface area contributed by atoms with Crippen LogP contribution in [0.3, 0.4) is 0 Å². The number of rotatable bonds is 7. The quantitative estimate of drug-likeness (QED) is 0.752. The summed E-state index contributed by atoms with van der Waals surface area (Å²) in [5.41, 5.74) is 3.54. The molecule has 3 nitrogen and oxygen atoms in total. The van der Waals surface area contributed by atoms with Gasteiger partial charge in [-0.15, -0.1) is 0 Å². The molecule has 0 radical (unpaired) electrons. The number of nitrogens with zero attached hydrogens (tertiary/aromatic N) is 1. The molecule has 0 saturated heterocycles. The molecule has 144 valence electrons. The first kappa shape index (κ1) is 18.4. The summed E-state index contributed by atoms with van der Waals surface area (Å²) in [5.74, 6) is 0.112. The van der Waals surface area contributed by atoms with Gasteiger partial charge in [-0.1, -0.05) is 36.4 Å². The van der Waals surface area contributed by atoms with Crippen LogP contribution in [0.2, 0.25) is 0 Å². The van der Waals surface area contributed by atoms with E-state index in [0.717, 1.165) is 18.4 Å². The molecule has 2 aromatic rings. The normalized spacial score (nSPS) is 20.6. The molecule has 2 aliphatic rings. The van der Waals surface area contributed by atoms with Crippen LogP contribution in [0.5, 0.6) is 5.75 Å². The van der Waals surface area contributed by atoms with E-state index in [0.29, 0.717) is 18.6 Å². The molecule has 0 bridgehead atoms. The number of alkyl halides is 2. The zero-order valence-electron chi connectivity index (χ0n) is 15.2. The van der Waals surface area contributed by atoms with Crippen LogP contribution in [0.15, 0.2) is 48.5 Å². The lowest BCUT2D eigenvalue weighted by Crippen LogP contribution is -2.36. The maximum absolute atomic E-state index is 12.3. The zero-order chi connectivity index (χ0) is 18.8. The molecule has 0 aromatic heterocycles. The third-order valence-corrected chi connectivity index (χ3v) is 5.63. The van der Waals surface area contributed by atoms with Crippen molar-refractivity contribution in [3.05, 3.63) is 65.2 Å². The molecule has 2 atom stereocenters. The van der Waals surface area contributed by atoms with Crippen molar-refractivity contribution in [2.75, 3.05) is 6.54 Å². The van der Waals surface area contributed by atoms with Gasteiger partial charge in [0.2, 0.25) is 0 Å². The molecule has 2 unspecified atom stereocenters. The summed E-state index contributed by atoms with van der Waals surface area (Å²) in [7, 11) is 0. The number of halogens is 2. The summed E-state index contributed by atoms with van der Waals surface area (Å²) in [5, 5.41) is 10.8. The van der Waals surface area contributed by atoms with Gasteiger partial charge in [0.15, 0.2) is 0 Å². The highest BCUT2D eigenvalue weighted by molar-refractivity contribution is 5.33. The predicted octanol–water partition coefficient (Wildman–Crippen LogP) is 4.86. The number of aliphatic hydroxyl groups excluding tert-OH is 1. The fourth-order valence-corrected chi connectivity index (χ4v) is 4.19. The van der Waals surface area contributed by atoms with Gasteiger partial charge in [0.05, 0.1) is 6.10 Å². The highest BCUT2D eigenvalue weighted by Crippen LogP contribution is 2.41. The number of hydrogen-bond acceptors (Lipinski definition) is 3. The van der Waals surface area contributed by atoms with Crippen LogP contribution in [-0.4, -0.2) is 29.2 Å². The van der Waals surface area contributed by atoms with Gasteiger partial charge in [-0.25, -0.2) is 0 Å². The first-order chi connectivity index (χ1) is 13.1. The predicted molar refractivity (Wildman–Crippen MR) is 99.9 cm³/mol. The van der Waals surface area contributed by atoms with Crippen LogP contribution in [0.1, 0.15) is 54.5 Å².